The van der Waals surface area contributed by atoms with Gasteiger partial charge >= 0.3 is 5.97 Å². The van der Waals surface area contributed by atoms with E-state index in [1.807, 2.05) is 37.3 Å². The summed E-state index contributed by atoms with van der Waals surface area (Å²) in [5.41, 5.74) is 2.37. The normalized spacial score (nSPS) is 18.7. The molecular weight excluding hydrogens is 550 g/mol. The molecule has 2 heterocycles. The molecule has 4 unspecified atom stereocenters. The molecule has 1 aromatic heterocycles. The number of fused-ring (bicyclic) bond motifs is 1. The van der Waals surface area contributed by atoms with Gasteiger partial charge in [-0.3, -0.25) is 29.2 Å². The van der Waals surface area contributed by atoms with E-state index in [4.69, 9.17) is 0 Å². The van der Waals surface area contributed by atoms with Gasteiger partial charge in [-0.15, -0.1) is 0 Å². The van der Waals surface area contributed by atoms with Gasteiger partial charge in [-0.1, -0.05) is 51.1 Å². The van der Waals surface area contributed by atoms with E-state index in [2.05, 4.69) is 21.0 Å². The Labute approximate surface area is 253 Å². The highest BCUT2D eigenvalue weighted by molar-refractivity contribution is 5.94. The number of nitrogens with one attached hydrogen (secondary N) is 3. The van der Waals surface area contributed by atoms with Crippen molar-refractivity contribution < 1.29 is 29.4 Å². The maximum atomic E-state index is 13.8. The van der Waals surface area contributed by atoms with Crippen LogP contribution in [0.15, 0.2) is 36.4 Å². The summed E-state index contributed by atoms with van der Waals surface area (Å²) in [6.45, 7) is 12.1. The Balaban J connectivity index is 1.77. The largest absolute Gasteiger partial charge is 0.480 e. The lowest BCUT2D eigenvalue weighted by atomic mass is 9.73. The molecule has 0 aliphatic carbocycles. The van der Waals surface area contributed by atoms with Crippen molar-refractivity contribution in [1.82, 2.24) is 26.1 Å². The minimum atomic E-state index is -1.50. The van der Waals surface area contributed by atoms with Gasteiger partial charge in [0.05, 0.1) is 16.5 Å². The van der Waals surface area contributed by atoms with E-state index >= 15 is 0 Å². The van der Waals surface area contributed by atoms with Crippen LogP contribution in [-0.4, -0.2) is 74.2 Å². The Morgan fingerprint density at radius 3 is 2.40 bits per heavy atom. The van der Waals surface area contributed by atoms with Crippen LogP contribution in [0.3, 0.4) is 0 Å². The molecule has 3 rings (SSSR count). The number of pyridine rings is 1. The van der Waals surface area contributed by atoms with E-state index in [-0.39, 0.29) is 5.92 Å². The topological polar surface area (TPSA) is 161 Å². The molecule has 4 atom stereocenters. The van der Waals surface area contributed by atoms with Gasteiger partial charge in [0.1, 0.15) is 18.1 Å². The molecule has 2 aromatic rings. The Morgan fingerprint density at radius 2 is 1.79 bits per heavy atom. The molecule has 1 saturated heterocycles. The van der Waals surface area contributed by atoms with Crippen LogP contribution in [0.25, 0.3) is 17.0 Å². The maximum absolute atomic E-state index is 13.8. The Morgan fingerprint density at radius 1 is 1.12 bits per heavy atom. The zero-order valence-corrected chi connectivity index (χ0v) is 26.1. The summed E-state index contributed by atoms with van der Waals surface area (Å²) in [6, 6.07) is 6.94. The fourth-order valence-electron chi connectivity index (χ4n) is 4.85. The number of carboxylic acid groups (broad SMARTS) is 1. The van der Waals surface area contributed by atoms with Crippen molar-refractivity contribution in [2.24, 2.45) is 11.3 Å². The summed E-state index contributed by atoms with van der Waals surface area (Å²) in [4.78, 5) is 56.1. The van der Waals surface area contributed by atoms with Crippen LogP contribution in [-0.2, 0) is 25.6 Å². The summed E-state index contributed by atoms with van der Waals surface area (Å²) in [5.74, 6) is -2.99. The molecule has 43 heavy (non-hydrogen) atoms. The third-order valence-electron chi connectivity index (χ3n) is 8.20. The highest BCUT2D eigenvalue weighted by Crippen LogP contribution is 2.34. The van der Waals surface area contributed by atoms with Crippen LogP contribution in [0.4, 0.5) is 0 Å². The second-order valence-electron chi connectivity index (χ2n) is 12.3. The van der Waals surface area contributed by atoms with Crippen LogP contribution in [0.2, 0.25) is 0 Å². The molecule has 1 fully saturated rings. The number of rotatable bonds is 11. The zero-order chi connectivity index (χ0) is 32.1. The highest BCUT2D eigenvalue weighted by Gasteiger charge is 2.45. The molecule has 1 aromatic carbocycles. The number of carbonyl (C=O) groups is 4. The van der Waals surface area contributed by atoms with E-state index in [0.29, 0.717) is 19.4 Å². The first kappa shape index (κ1) is 33.7. The summed E-state index contributed by atoms with van der Waals surface area (Å²) in [7, 11) is 0. The molecule has 0 radical (unpaired) electrons. The lowest BCUT2D eigenvalue weighted by Gasteiger charge is -2.38. The zero-order valence-electron chi connectivity index (χ0n) is 26.1. The number of aryl methyl sites for hydroxylation is 1. The van der Waals surface area contributed by atoms with Crippen LogP contribution >= 0.6 is 0 Å². The Kier molecular flexibility index (Phi) is 10.7. The second-order valence-corrected chi connectivity index (χ2v) is 12.3. The minimum absolute atomic E-state index is 0.316. The van der Waals surface area contributed by atoms with Gasteiger partial charge in [0, 0.05) is 17.6 Å². The van der Waals surface area contributed by atoms with Crippen LogP contribution in [0, 0.1) is 11.3 Å². The lowest BCUT2D eigenvalue weighted by Crippen LogP contribution is -2.61. The first-order valence-corrected chi connectivity index (χ1v) is 14.8. The predicted molar refractivity (Wildman–Crippen MR) is 164 cm³/mol. The molecule has 1 aliphatic heterocycles. The minimum Gasteiger partial charge on any atom is -0.480 e. The fraction of sp³-hybridized carbons (Fsp3) is 0.531. The van der Waals surface area contributed by atoms with Crippen molar-refractivity contribution in [2.45, 2.75) is 91.5 Å². The van der Waals surface area contributed by atoms with E-state index in [1.165, 1.54) is 25.8 Å². The Bertz CT molecular complexity index is 1380. The first-order valence-electron chi connectivity index (χ1n) is 14.8. The molecule has 5 N–H and O–H groups in total. The van der Waals surface area contributed by atoms with Crippen molar-refractivity contribution in [2.75, 3.05) is 6.54 Å². The maximum Gasteiger partial charge on any atom is 0.322 e. The predicted octanol–water partition coefficient (Wildman–Crippen LogP) is 2.81. The number of nitrogens with zero attached hydrogens (tertiary/aromatic N) is 2. The average Bonchev–Trinajstić information content (AvgIpc) is 2.96. The number of aromatic nitrogens is 1. The molecular formula is C32H45N5O6. The number of hydrazine groups is 1. The smallest absolute Gasteiger partial charge is 0.322 e. The number of carbonyl (C=O) groups excluding carboxylic acids is 3. The van der Waals surface area contributed by atoms with E-state index in [0.717, 1.165) is 28.6 Å². The van der Waals surface area contributed by atoms with E-state index < -0.39 is 52.8 Å². The summed E-state index contributed by atoms with van der Waals surface area (Å²) < 4.78 is 0. The molecule has 1 aliphatic rings. The van der Waals surface area contributed by atoms with Gasteiger partial charge < -0.3 is 20.8 Å². The number of hydrogen-bond donors (Lipinski definition) is 5. The van der Waals surface area contributed by atoms with Crippen molar-refractivity contribution in [3.8, 4) is 0 Å². The monoisotopic (exact) mass is 595 g/mol. The van der Waals surface area contributed by atoms with Crippen molar-refractivity contribution >= 4 is 40.7 Å². The summed E-state index contributed by atoms with van der Waals surface area (Å²) >= 11 is 0. The molecule has 3 amide bonds. The van der Waals surface area contributed by atoms with E-state index in [1.54, 1.807) is 32.9 Å². The molecule has 0 saturated carbocycles. The van der Waals surface area contributed by atoms with Gasteiger partial charge in [-0.05, 0) is 70.6 Å². The number of aliphatic hydroxyl groups is 1. The quantitative estimate of drug-likeness (QED) is 0.265. The van der Waals surface area contributed by atoms with Crippen molar-refractivity contribution in [1.29, 1.82) is 0 Å². The standard InChI is InChI=1S/C32H45N5O6/c1-8-23-14-13-22-12-11-21(18-25(22)34-23)15-16-32(7,31(5,6)43)30(42)35-26(19(2)3)27(38)33-20(4)28(39)37-17-9-10-24(36-37)29(40)41/h11-16,18-20,24,26,36,43H,8-10,17H2,1-7H3,(H,33,38)(H,35,42)(H,40,41). The molecule has 11 nitrogen and oxygen atoms in total. The van der Waals surface area contributed by atoms with Gasteiger partial charge in [0.15, 0.2) is 0 Å². The number of carboxylic acids is 1. The van der Waals surface area contributed by atoms with Crippen LogP contribution < -0.4 is 16.1 Å². The third kappa shape index (κ3) is 7.97. The first-order chi connectivity index (χ1) is 20.1. The fourth-order valence-corrected chi connectivity index (χ4v) is 4.85. The number of benzene rings is 1. The van der Waals surface area contributed by atoms with Gasteiger partial charge in [0.2, 0.25) is 11.8 Å². The second kappa shape index (κ2) is 13.6. The highest BCUT2D eigenvalue weighted by atomic mass is 16.4. The average molecular weight is 596 g/mol. The van der Waals surface area contributed by atoms with Gasteiger partial charge in [-0.25, -0.2) is 5.43 Å². The van der Waals surface area contributed by atoms with Crippen LogP contribution in [0.1, 0.15) is 72.6 Å². The number of amides is 3. The summed E-state index contributed by atoms with van der Waals surface area (Å²) in [5, 5.41) is 28.1. The van der Waals surface area contributed by atoms with Crippen LogP contribution in [0.5, 0.6) is 0 Å². The lowest BCUT2D eigenvalue weighted by molar-refractivity contribution is -0.148. The number of aliphatic carboxylic acids is 1. The molecule has 234 valence electrons. The SMILES string of the molecule is CCc1ccc2ccc(C=CC(C)(C(=O)NC(C(=O)NC(C)C(=O)N3CCCC(C(=O)O)N3)C(C)C)C(C)(C)O)cc2n1. The van der Waals surface area contributed by atoms with Gasteiger partial charge in [0.25, 0.3) is 5.91 Å². The van der Waals surface area contributed by atoms with E-state index in [9.17, 15) is 29.4 Å². The Hall–Kier alpha value is -3.83. The third-order valence-corrected chi connectivity index (χ3v) is 8.20. The molecule has 0 bridgehead atoms. The van der Waals surface area contributed by atoms with Crippen molar-refractivity contribution in [3.63, 3.8) is 0 Å². The van der Waals surface area contributed by atoms with Crippen molar-refractivity contribution in [3.05, 3.63) is 47.7 Å². The van der Waals surface area contributed by atoms with Gasteiger partial charge in [-0.2, -0.15) is 0 Å². The molecule has 11 heteroatoms. The number of hydrogen-bond acceptors (Lipinski definition) is 7. The summed E-state index contributed by atoms with van der Waals surface area (Å²) in [6.07, 6.45) is 5.12. The molecule has 0 spiro atoms.